The Morgan fingerprint density at radius 1 is 1.71 bits per heavy atom. The van der Waals surface area contributed by atoms with E-state index in [1.165, 1.54) is 4.90 Å². The van der Waals surface area contributed by atoms with Gasteiger partial charge in [-0.05, 0) is 6.42 Å². The van der Waals surface area contributed by atoms with E-state index in [1.54, 1.807) is 0 Å². The zero-order valence-corrected chi connectivity index (χ0v) is 4.05. The molecule has 0 aromatic rings. The number of carbonyl (C=O) groups is 1. The lowest BCUT2D eigenvalue weighted by Crippen LogP contribution is -2.15. The van der Waals surface area contributed by atoms with Gasteiger partial charge in [-0.2, -0.15) is 0 Å². The van der Waals surface area contributed by atoms with E-state index in [2.05, 4.69) is 0 Å². The maximum Gasteiger partial charge on any atom is 0.223 e. The molecule has 0 N–H and O–H groups in total. The summed E-state index contributed by atoms with van der Waals surface area (Å²) in [5, 5.41) is 0. The Bertz CT molecular complexity index is 90.1. The van der Waals surface area contributed by atoms with E-state index in [1.807, 2.05) is 0 Å². The maximum absolute atomic E-state index is 10.4. The van der Waals surface area contributed by atoms with Crippen LogP contribution in [0.5, 0.6) is 0 Å². The first-order valence-electron chi connectivity index (χ1n) is 2.36. The van der Waals surface area contributed by atoms with Crippen molar-refractivity contribution in [3.05, 3.63) is 7.05 Å². The Balaban J connectivity index is 2.48. The highest BCUT2D eigenvalue weighted by Crippen LogP contribution is 2.05. The summed E-state index contributed by atoms with van der Waals surface area (Å²) in [7, 11) is 5.16. The van der Waals surface area contributed by atoms with E-state index in [-0.39, 0.29) is 5.91 Å². The molecule has 1 aliphatic rings. The van der Waals surface area contributed by atoms with Crippen LogP contribution in [0.4, 0.5) is 0 Å². The van der Waals surface area contributed by atoms with E-state index in [4.69, 9.17) is 7.05 Å². The lowest BCUT2D eigenvalue weighted by molar-refractivity contribution is -0.125. The maximum atomic E-state index is 10.4. The molecule has 1 aliphatic heterocycles. The van der Waals surface area contributed by atoms with Crippen molar-refractivity contribution in [1.82, 2.24) is 4.90 Å². The molecule has 1 saturated heterocycles. The molecule has 1 amide bonds. The van der Waals surface area contributed by atoms with Crippen LogP contribution in [-0.2, 0) is 4.79 Å². The molecule has 0 bridgehead atoms. The molecule has 1 fully saturated rings. The summed E-state index contributed by atoms with van der Waals surface area (Å²) in [6.07, 6.45) is 1.56. The van der Waals surface area contributed by atoms with Crippen molar-refractivity contribution in [2.75, 3.05) is 6.54 Å². The first-order chi connectivity index (χ1) is 3.30. The van der Waals surface area contributed by atoms with Crippen molar-refractivity contribution >= 4 is 5.91 Å². The first kappa shape index (κ1) is 4.62. The van der Waals surface area contributed by atoms with E-state index in [0.29, 0.717) is 6.42 Å². The average molecular weight is 97.1 g/mol. The second kappa shape index (κ2) is 1.52. The van der Waals surface area contributed by atoms with Crippen LogP contribution in [0.1, 0.15) is 12.8 Å². The van der Waals surface area contributed by atoms with E-state index >= 15 is 0 Å². The van der Waals surface area contributed by atoms with Gasteiger partial charge >= 0.3 is 0 Å². The highest BCUT2D eigenvalue weighted by Gasteiger charge is 2.14. The lowest BCUT2D eigenvalue weighted by Gasteiger charge is -2.02. The zero-order valence-electron chi connectivity index (χ0n) is 4.05. The third kappa shape index (κ3) is 0.734. The average Bonchev–Trinajstić information content (AvgIpc) is 1.91. The number of likely N-dealkylation sites (tertiary alicyclic amines) is 1. The SMILES string of the molecule is [CH]N1CCCC1=O. The molecular formula is C5H7NO. The molecule has 2 heteroatoms. The Hall–Kier alpha value is -0.530. The van der Waals surface area contributed by atoms with Gasteiger partial charge < -0.3 is 4.90 Å². The molecule has 2 nitrogen and oxygen atoms in total. The largest absolute Gasteiger partial charge is 0.335 e. The summed E-state index contributed by atoms with van der Waals surface area (Å²) in [5.41, 5.74) is 0. The molecule has 0 atom stereocenters. The van der Waals surface area contributed by atoms with Crippen LogP contribution in [0.15, 0.2) is 0 Å². The minimum absolute atomic E-state index is 0.0694. The molecule has 0 spiro atoms. The number of nitrogens with zero attached hydrogens (tertiary/aromatic N) is 1. The fourth-order valence-electron chi connectivity index (χ4n) is 0.669. The van der Waals surface area contributed by atoms with Crippen molar-refractivity contribution in [2.45, 2.75) is 12.8 Å². The van der Waals surface area contributed by atoms with E-state index < -0.39 is 0 Å². The van der Waals surface area contributed by atoms with Crippen molar-refractivity contribution in [3.63, 3.8) is 0 Å². The Morgan fingerprint density at radius 3 is 2.57 bits per heavy atom. The van der Waals surface area contributed by atoms with Crippen LogP contribution in [0.25, 0.3) is 0 Å². The van der Waals surface area contributed by atoms with Crippen LogP contribution < -0.4 is 0 Å². The molecule has 0 aromatic carbocycles. The molecule has 2 radical (unpaired) electrons. The fourth-order valence-corrected chi connectivity index (χ4v) is 0.669. The molecule has 38 valence electrons. The highest BCUT2D eigenvalue weighted by molar-refractivity contribution is 5.78. The fraction of sp³-hybridized carbons (Fsp3) is 0.600. The van der Waals surface area contributed by atoms with Crippen LogP contribution >= 0.6 is 0 Å². The number of hydrogen-bond acceptors (Lipinski definition) is 1. The van der Waals surface area contributed by atoms with Crippen molar-refractivity contribution in [3.8, 4) is 0 Å². The van der Waals surface area contributed by atoms with Crippen molar-refractivity contribution in [2.24, 2.45) is 0 Å². The van der Waals surface area contributed by atoms with Crippen molar-refractivity contribution < 1.29 is 4.79 Å². The molecule has 0 aliphatic carbocycles. The molecule has 0 saturated carbocycles. The van der Waals surface area contributed by atoms with E-state index in [9.17, 15) is 4.79 Å². The van der Waals surface area contributed by atoms with Crippen LogP contribution in [0.2, 0.25) is 0 Å². The van der Waals surface area contributed by atoms with Gasteiger partial charge in [-0.1, -0.05) is 0 Å². The smallest absolute Gasteiger partial charge is 0.223 e. The Labute approximate surface area is 43.1 Å². The lowest BCUT2D eigenvalue weighted by atomic mass is 10.4. The van der Waals surface area contributed by atoms with Crippen LogP contribution in [0, 0.1) is 7.05 Å². The number of hydrogen-bond donors (Lipinski definition) is 0. The summed E-state index contributed by atoms with van der Waals surface area (Å²) in [5.74, 6) is 0.0694. The quantitative estimate of drug-likeness (QED) is 0.425. The van der Waals surface area contributed by atoms with E-state index in [0.717, 1.165) is 13.0 Å². The van der Waals surface area contributed by atoms with Gasteiger partial charge in [0.25, 0.3) is 0 Å². The minimum atomic E-state index is 0.0694. The van der Waals surface area contributed by atoms with Crippen LogP contribution in [0.3, 0.4) is 0 Å². The number of amides is 1. The zero-order chi connectivity index (χ0) is 5.28. The topological polar surface area (TPSA) is 20.3 Å². The van der Waals surface area contributed by atoms with Gasteiger partial charge in [-0.15, -0.1) is 0 Å². The summed E-state index contributed by atoms with van der Waals surface area (Å²) in [6.45, 7) is 0.735. The predicted octanol–water partition coefficient (Wildman–Crippen LogP) is 0.277. The summed E-state index contributed by atoms with van der Waals surface area (Å²) < 4.78 is 0. The van der Waals surface area contributed by atoms with Crippen molar-refractivity contribution in [1.29, 1.82) is 0 Å². The van der Waals surface area contributed by atoms with Gasteiger partial charge in [0.05, 0.1) is 7.05 Å². The predicted molar refractivity (Wildman–Crippen MR) is 25.2 cm³/mol. The van der Waals surface area contributed by atoms with Gasteiger partial charge in [-0.3, -0.25) is 4.79 Å². The van der Waals surface area contributed by atoms with Gasteiger partial charge in [0.1, 0.15) is 0 Å². The second-order valence-electron chi connectivity index (χ2n) is 1.69. The van der Waals surface area contributed by atoms with Gasteiger partial charge in [0, 0.05) is 13.0 Å². The van der Waals surface area contributed by atoms with Gasteiger partial charge in [-0.25, -0.2) is 0 Å². The molecule has 0 aromatic heterocycles. The first-order valence-corrected chi connectivity index (χ1v) is 2.36. The number of carbonyl (C=O) groups excluding carboxylic acids is 1. The third-order valence-electron chi connectivity index (χ3n) is 1.11. The molecule has 1 heterocycles. The molecule has 7 heavy (non-hydrogen) atoms. The molecule has 1 rings (SSSR count). The summed E-state index contributed by atoms with van der Waals surface area (Å²) >= 11 is 0. The van der Waals surface area contributed by atoms with Gasteiger partial charge in [0.15, 0.2) is 0 Å². The molecular weight excluding hydrogens is 90.1 g/mol. The number of rotatable bonds is 0. The monoisotopic (exact) mass is 97.1 g/mol. The summed E-state index contributed by atoms with van der Waals surface area (Å²) in [4.78, 5) is 11.6. The third-order valence-corrected chi connectivity index (χ3v) is 1.11. The summed E-state index contributed by atoms with van der Waals surface area (Å²) in [6, 6.07) is 0. The second-order valence-corrected chi connectivity index (χ2v) is 1.69. The highest BCUT2D eigenvalue weighted by atomic mass is 16.2. The standard InChI is InChI=1S/C5H7NO/c1-6-4-2-3-5(6)7/h1H,2-4H2. The molecule has 0 unspecified atom stereocenters. The van der Waals surface area contributed by atoms with Crippen LogP contribution in [-0.4, -0.2) is 17.4 Å². The van der Waals surface area contributed by atoms with Gasteiger partial charge in [0.2, 0.25) is 5.91 Å². The Kier molecular flexibility index (Phi) is 1.01. The normalized spacial score (nSPS) is 21.3. The Morgan fingerprint density at radius 2 is 2.43 bits per heavy atom. The minimum Gasteiger partial charge on any atom is -0.335 e.